The minimum absolute atomic E-state index is 0.679. The lowest BCUT2D eigenvalue weighted by Crippen LogP contribution is -2.39. The van der Waals surface area contributed by atoms with Crippen molar-refractivity contribution in [2.45, 2.75) is 52.0 Å². The van der Waals surface area contributed by atoms with Crippen molar-refractivity contribution in [3.05, 3.63) is 24.3 Å². The van der Waals surface area contributed by atoms with Crippen LogP contribution in [0.15, 0.2) is 24.3 Å². The van der Waals surface area contributed by atoms with Crippen molar-refractivity contribution in [2.24, 2.45) is 5.92 Å². The van der Waals surface area contributed by atoms with Crippen LogP contribution in [-0.2, 0) is 0 Å². The monoisotopic (exact) mass is 246 g/mol. The molecule has 18 heavy (non-hydrogen) atoms. The van der Waals surface area contributed by atoms with Gasteiger partial charge in [-0.15, -0.1) is 0 Å². The van der Waals surface area contributed by atoms with Crippen LogP contribution in [0.25, 0.3) is 0 Å². The number of rotatable bonds is 4. The number of nitrogens with two attached hydrogens (primary N) is 1. The van der Waals surface area contributed by atoms with Crippen LogP contribution in [0, 0.1) is 5.92 Å². The Hall–Kier alpha value is -1.18. The van der Waals surface area contributed by atoms with Crippen LogP contribution in [-0.4, -0.2) is 12.6 Å². The number of hydrogen-bond donors (Lipinski definition) is 1. The molecule has 0 heterocycles. The number of benzene rings is 1. The topological polar surface area (TPSA) is 29.3 Å². The first-order valence-corrected chi connectivity index (χ1v) is 7.37. The van der Waals surface area contributed by atoms with Crippen LogP contribution in [0.5, 0.6) is 0 Å². The highest BCUT2D eigenvalue weighted by Gasteiger charge is 2.25. The first kappa shape index (κ1) is 13.3. The summed E-state index contributed by atoms with van der Waals surface area (Å²) in [6.45, 7) is 5.61. The van der Waals surface area contributed by atoms with Crippen molar-refractivity contribution in [3.63, 3.8) is 0 Å². The molecule has 2 atom stereocenters. The second kappa shape index (κ2) is 6.12. The maximum absolute atomic E-state index is 6.13. The summed E-state index contributed by atoms with van der Waals surface area (Å²) < 4.78 is 0. The molecule has 2 rings (SSSR count). The quantitative estimate of drug-likeness (QED) is 0.812. The highest BCUT2D eigenvalue weighted by molar-refractivity contribution is 5.67. The number of hydrogen-bond acceptors (Lipinski definition) is 2. The molecular formula is C16H26N2. The summed E-state index contributed by atoms with van der Waals surface area (Å²) in [4.78, 5) is 2.51. The standard InChI is InChI=1S/C16H26N2/c1-3-13-8-7-9-14(12-13)18(4-2)16-11-6-5-10-15(16)17/h5-6,10-11,13-14H,3-4,7-9,12,17H2,1-2H3. The number of anilines is 2. The number of nitrogens with zero attached hydrogens (tertiary/aromatic N) is 1. The zero-order chi connectivity index (χ0) is 13.0. The Kier molecular flexibility index (Phi) is 4.51. The van der Waals surface area contributed by atoms with Crippen molar-refractivity contribution in [2.75, 3.05) is 17.2 Å². The van der Waals surface area contributed by atoms with Crippen LogP contribution in [0.4, 0.5) is 11.4 Å². The van der Waals surface area contributed by atoms with E-state index in [1.165, 1.54) is 37.8 Å². The van der Waals surface area contributed by atoms with Crippen LogP contribution in [0.1, 0.15) is 46.0 Å². The van der Waals surface area contributed by atoms with Crippen molar-refractivity contribution >= 4 is 11.4 Å². The van der Waals surface area contributed by atoms with Crippen LogP contribution >= 0.6 is 0 Å². The largest absolute Gasteiger partial charge is 0.397 e. The molecule has 2 unspecified atom stereocenters. The average Bonchev–Trinajstić information content (AvgIpc) is 2.42. The van der Waals surface area contributed by atoms with Gasteiger partial charge in [0.2, 0.25) is 0 Å². The summed E-state index contributed by atoms with van der Waals surface area (Å²) in [7, 11) is 0. The Morgan fingerprint density at radius 3 is 2.67 bits per heavy atom. The van der Waals surface area contributed by atoms with E-state index in [1.54, 1.807) is 0 Å². The summed E-state index contributed by atoms with van der Waals surface area (Å²) >= 11 is 0. The molecule has 1 aromatic carbocycles. The molecule has 0 spiro atoms. The van der Waals surface area contributed by atoms with Gasteiger partial charge in [0.1, 0.15) is 0 Å². The molecule has 1 aliphatic rings. The maximum atomic E-state index is 6.13. The van der Waals surface area contributed by atoms with Crippen molar-refractivity contribution < 1.29 is 0 Å². The molecule has 1 aromatic rings. The van der Waals surface area contributed by atoms with Gasteiger partial charge in [-0.1, -0.05) is 38.3 Å². The fraction of sp³-hybridized carbons (Fsp3) is 0.625. The molecule has 0 bridgehead atoms. The zero-order valence-electron chi connectivity index (χ0n) is 11.7. The molecule has 0 aromatic heterocycles. The smallest absolute Gasteiger partial charge is 0.0602 e. The van der Waals surface area contributed by atoms with Crippen LogP contribution in [0.3, 0.4) is 0 Å². The second-order valence-electron chi connectivity index (χ2n) is 5.44. The molecule has 2 heteroatoms. The minimum atomic E-state index is 0.679. The summed E-state index contributed by atoms with van der Waals surface area (Å²) in [6.07, 6.45) is 6.75. The van der Waals surface area contributed by atoms with E-state index in [4.69, 9.17) is 5.73 Å². The van der Waals surface area contributed by atoms with Crippen LogP contribution < -0.4 is 10.6 Å². The zero-order valence-corrected chi connectivity index (χ0v) is 11.7. The Labute approximate surface area is 111 Å². The van der Waals surface area contributed by atoms with Crippen LogP contribution in [0.2, 0.25) is 0 Å². The molecule has 100 valence electrons. The summed E-state index contributed by atoms with van der Waals surface area (Å²) in [5.74, 6) is 0.905. The third-order valence-electron chi connectivity index (χ3n) is 4.36. The molecule has 0 aliphatic heterocycles. The van der Waals surface area contributed by atoms with E-state index in [1.807, 2.05) is 12.1 Å². The maximum Gasteiger partial charge on any atom is 0.0602 e. The van der Waals surface area contributed by atoms with E-state index in [9.17, 15) is 0 Å². The second-order valence-corrected chi connectivity index (χ2v) is 5.44. The molecule has 0 amide bonds. The Balaban J connectivity index is 2.15. The lowest BCUT2D eigenvalue weighted by atomic mass is 9.83. The van der Waals surface area contributed by atoms with E-state index in [2.05, 4.69) is 30.9 Å². The van der Waals surface area contributed by atoms with Gasteiger partial charge in [-0.3, -0.25) is 0 Å². The normalized spacial score (nSPS) is 23.9. The fourth-order valence-electron chi connectivity index (χ4n) is 3.29. The molecule has 0 saturated heterocycles. The Bertz CT molecular complexity index is 375. The molecule has 0 radical (unpaired) electrons. The number of nitrogen functional groups attached to an aromatic ring is 1. The summed E-state index contributed by atoms with van der Waals surface area (Å²) in [5.41, 5.74) is 8.27. The minimum Gasteiger partial charge on any atom is -0.397 e. The number of para-hydroxylation sites is 2. The van der Waals surface area contributed by atoms with Gasteiger partial charge in [0, 0.05) is 12.6 Å². The molecule has 1 saturated carbocycles. The highest BCUT2D eigenvalue weighted by atomic mass is 15.2. The van der Waals surface area contributed by atoms with Crippen molar-refractivity contribution in [3.8, 4) is 0 Å². The molecular weight excluding hydrogens is 220 g/mol. The molecule has 1 aliphatic carbocycles. The predicted octanol–water partition coefficient (Wildman–Crippen LogP) is 4.06. The molecule has 2 N–H and O–H groups in total. The SMILES string of the molecule is CCC1CCCC(N(CC)c2ccccc2N)C1. The summed E-state index contributed by atoms with van der Waals surface area (Å²) in [6, 6.07) is 8.96. The first-order chi connectivity index (χ1) is 8.76. The van der Waals surface area contributed by atoms with Gasteiger partial charge < -0.3 is 10.6 Å². The van der Waals surface area contributed by atoms with E-state index in [-0.39, 0.29) is 0 Å². The van der Waals surface area contributed by atoms with Crippen molar-refractivity contribution in [1.82, 2.24) is 0 Å². The fourth-order valence-corrected chi connectivity index (χ4v) is 3.29. The lowest BCUT2D eigenvalue weighted by molar-refractivity contribution is 0.304. The predicted molar refractivity (Wildman–Crippen MR) is 79.9 cm³/mol. The lowest BCUT2D eigenvalue weighted by Gasteiger charge is -2.38. The van der Waals surface area contributed by atoms with E-state index < -0.39 is 0 Å². The van der Waals surface area contributed by atoms with Gasteiger partial charge in [0.05, 0.1) is 11.4 Å². The van der Waals surface area contributed by atoms with Gasteiger partial charge in [-0.25, -0.2) is 0 Å². The van der Waals surface area contributed by atoms with Gasteiger partial charge in [0.15, 0.2) is 0 Å². The van der Waals surface area contributed by atoms with Gasteiger partial charge in [-0.05, 0) is 37.8 Å². The van der Waals surface area contributed by atoms with E-state index in [0.29, 0.717) is 6.04 Å². The third-order valence-corrected chi connectivity index (χ3v) is 4.36. The first-order valence-electron chi connectivity index (χ1n) is 7.37. The van der Waals surface area contributed by atoms with Gasteiger partial charge >= 0.3 is 0 Å². The Morgan fingerprint density at radius 2 is 2.00 bits per heavy atom. The molecule has 1 fully saturated rings. The average molecular weight is 246 g/mol. The van der Waals surface area contributed by atoms with Gasteiger partial charge in [0.25, 0.3) is 0 Å². The van der Waals surface area contributed by atoms with E-state index in [0.717, 1.165) is 18.2 Å². The van der Waals surface area contributed by atoms with Gasteiger partial charge in [-0.2, -0.15) is 0 Å². The van der Waals surface area contributed by atoms with Crippen molar-refractivity contribution in [1.29, 1.82) is 0 Å². The Morgan fingerprint density at radius 1 is 1.22 bits per heavy atom. The van der Waals surface area contributed by atoms with E-state index >= 15 is 0 Å². The third kappa shape index (κ3) is 2.80. The summed E-state index contributed by atoms with van der Waals surface area (Å²) in [5, 5.41) is 0. The molecule has 2 nitrogen and oxygen atoms in total. The highest BCUT2D eigenvalue weighted by Crippen LogP contribution is 2.34.